The van der Waals surface area contributed by atoms with Crippen molar-refractivity contribution in [3.05, 3.63) is 70.0 Å². The summed E-state index contributed by atoms with van der Waals surface area (Å²) in [7, 11) is 1.65. The molecule has 9 nitrogen and oxygen atoms in total. The Hall–Kier alpha value is -3.79. The molecule has 0 bridgehead atoms. The van der Waals surface area contributed by atoms with Gasteiger partial charge in [0.25, 0.3) is 11.5 Å². The number of hydrogen-bond acceptors (Lipinski definition) is 6. The second-order valence-corrected chi connectivity index (χ2v) is 7.59. The Morgan fingerprint density at radius 2 is 1.94 bits per heavy atom. The lowest BCUT2D eigenvalue weighted by Gasteiger charge is -2.27. The molecule has 0 aliphatic carbocycles. The van der Waals surface area contributed by atoms with E-state index in [0.29, 0.717) is 54.5 Å². The Labute approximate surface area is 182 Å². The lowest BCUT2D eigenvalue weighted by molar-refractivity contribution is 0.0300. The molecular formula is C22H21FN6O3. The molecule has 0 atom stereocenters. The van der Waals surface area contributed by atoms with Crippen molar-refractivity contribution >= 4 is 28.3 Å². The van der Waals surface area contributed by atoms with Gasteiger partial charge in [0, 0.05) is 25.8 Å². The van der Waals surface area contributed by atoms with Crippen LogP contribution in [0.25, 0.3) is 16.7 Å². The van der Waals surface area contributed by atoms with Crippen molar-refractivity contribution in [2.24, 2.45) is 7.05 Å². The standard InChI is InChI=1S/C22H21FN6O3/c1-27-20(30)16-4-2-3-5-18(16)29-19(25-26-22(27)29)13-24-14-6-7-15(17(23)12-14)21(31)28-8-10-32-11-9-28/h2-7,12,24H,8-11,13H2,1H3. The normalized spacial score (nSPS) is 14.2. The highest BCUT2D eigenvalue weighted by atomic mass is 19.1. The molecule has 4 aromatic rings. The Morgan fingerprint density at radius 3 is 2.72 bits per heavy atom. The third-order valence-electron chi connectivity index (χ3n) is 5.64. The van der Waals surface area contributed by atoms with Crippen LogP contribution in [0.3, 0.4) is 0 Å². The Bertz CT molecular complexity index is 1390. The number of nitrogens with one attached hydrogen (secondary N) is 1. The summed E-state index contributed by atoms with van der Waals surface area (Å²) in [5, 5.41) is 12.1. The molecule has 0 unspecified atom stereocenters. The van der Waals surface area contributed by atoms with Gasteiger partial charge in [0.2, 0.25) is 5.78 Å². The molecule has 3 heterocycles. The number of halogens is 1. The molecule has 0 saturated carbocycles. The molecule has 32 heavy (non-hydrogen) atoms. The van der Waals surface area contributed by atoms with Crippen LogP contribution in [-0.4, -0.2) is 56.3 Å². The molecule has 1 N–H and O–H groups in total. The second-order valence-electron chi connectivity index (χ2n) is 7.59. The Morgan fingerprint density at radius 1 is 1.16 bits per heavy atom. The largest absolute Gasteiger partial charge is 0.378 e. The molecule has 0 radical (unpaired) electrons. The van der Waals surface area contributed by atoms with E-state index in [0.717, 1.165) is 0 Å². The van der Waals surface area contributed by atoms with Crippen LogP contribution in [0.5, 0.6) is 0 Å². The summed E-state index contributed by atoms with van der Waals surface area (Å²) in [6.07, 6.45) is 0. The van der Waals surface area contributed by atoms with Crippen LogP contribution < -0.4 is 10.9 Å². The molecule has 0 spiro atoms. The van der Waals surface area contributed by atoms with Gasteiger partial charge in [-0.15, -0.1) is 10.2 Å². The number of morpholine rings is 1. The fourth-order valence-electron chi connectivity index (χ4n) is 3.92. The van der Waals surface area contributed by atoms with Gasteiger partial charge in [-0.25, -0.2) is 4.39 Å². The maximum atomic E-state index is 14.7. The maximum Gasteiger partial charge on any atom is 0.262 e. The van der Waals surface area contributed by atoms with Gasteiger partial charge in [-0.3, -0.25) is 18.6 Å². The van der Waals surface area contributed by atoms with E-state index in [2.05, 4.69) is 15.5 Å². The minimum Gasteiger partial charge on any atom is -0.378 e. The first kappa shape index (κ1) is 20.1. The molecule has 1 aliphatic heterocycles. The van der Waals surface area contributed by atoms with E-state index < -0.39 is 5.82 Å². The molecule has 10 heteroatoms. The highest BCUT2D eigenvalue weighted by Gasteiger charge is 2.21. The summed E-state index contributed by atoms with van der Waals surface area (Å²) in [6, 6.07) is 11.7. The van der Waals surface area contributed by atoms with E-state index in [1.807, 2.05) is 12.1 Å². The third kappa shape index (κ3) is 3.38. The molecule has 5 rings (SSSR count). The minimum absolute atomic E-state index is 0.0337. The Kier molecular flexibility index (Phi) is 5.06. The van der Waals surface area contributed by atoms with Gasteiger partial charge in [0.1, 0.15) is 5.82 Å². The molecule has 1 aliphatic rings. The number of para-hydroxylation sites is 1. The first-order valence-corrected chi connectivity index (χ1v) is 10.3. The number of carbonyl (C=O) groups excluding carboxylic acids is 1. The van der Waals surface area contributed by atoms with Crippen LogP contribution >= 0.6 is 0 Å². The molecule has 164 valence electrons. The number of hydrogen-bond donors (Lipinski definition) is 1. The predicted octanol–water partition coefficient (Wildman–Crippen LogP) is 1.80. The second kappa shape index (κ2) is 8.04. The van der Waals surface area contributed by atoms with Gasteiger partial charge in [0.15, 0.2) is 5.82 Å². The maximum absolute atomic E-state index is 14.7. The van der Waals surface area contributed by atoms with Crippen molar-refractivity contribution in [1.82, 2.24) is 24.1 Å². The van der Waals surface area contributed by atoms with Gasteiger partial charge in [-0.05, 0) is 30.3 Å². The number of aromatic nitrogens is 4. The minimum atomic E-state index is -0.592. The van der Waals surface area contributed by atoms with Crippen LogP contribution in [0, 0.1) is 5.82 Å². The summed E-state index contributed by atoms with van der Waals surface area (Å²) in [5.41, 5.74) is 1.09. The zero-order chi connectivity index (χ0) is 22.2. The van der Waals surface area contributed by atoms with Crippen LogP contribution in [-0.2, 0) is 18.3 Å². The number of anilines is 1. The van der Waals surface area contributed by atoms with Crippen molar-refractivity contribution in [2.45, 2.75) is 6.54 Å². The third-order valence-corrected chi connectivity index (χ3v) is 5.64. The van der Waals surface area contributed by atoms with Crippen LogP contribution in [0.1, 0.15) is 16.2 Å². The van der Waals surface area contributed by atoms with Crippen molar-refractivity contribution in [3.8, 4) is 0 Å². The molecule has 2 aromatic carbocycles. The van der Waals surface area contributed by atoms with Crippen LogP contribution in [0.4, 0.5) is 10.1 Å². The zero-order valence-electron chi connectivity index (χ0n) is 17.4. The molecule has 1 saturated heterocycles. The van der Waals surface area contributed by atoms with E-state index in [9.17, 15) is 14.0 Å². The number of aryl methyl sites for hydroxylation is 1. The predicted molar refractivity (Wildman–Crippen MR) is 116 cm³/mol. The van der Waals surface area contributed by atoms with Crippen molar-refractivity contribution in [1.29, 1.82) is 0 Å². The highest BCUT2D eigenvalue weighted by molar-refractivity contribution is 5.95. The van der Waals surface area contributed by atoms with Crippen molar-refractivity contribution in [2.75, 3.05) is 31.6 Å². The first-order valence-electron chi connectivity index (χ1n) is 10.3. The van der Waals surface area contributed by atoms with E-state index >= 15 is 0 Å². The average Bonchev–Trinajstić information content (AvgIpc) is 3.26. The topological polar surface area (TPSA) is 93.8 Å². The SMILES string of the molecule is Cn1c(=O)c2ccccc2n2c(CNc3ccc(C(=O)N4CCOCC4)c(F)c3)nnc12. The van der Waals surface area contributed by atoms with Gasteiger partial charge in [-0.1, -0.05) is 12.1 Å². The fraction of sp³-hybridized carbons (Fsp3) is 0.273. The van der Waals surface area contributed by atoms with Crippen molar-refractivity contribution in [3.63, 3.8) is 0 Å². The lowest BCUT2D eigenvalue weighted by atomic mass is 10.1. The summed E-state index contributed by atoms with van der Waals surface area (Å²) < 4.78 is 23.2. The van der Waals surface area contributed by atoms with Crippen LogP contribution in [0.2, 0.25) is 0 Å². The molecular weight excluding hydrogens is 415 g/mol. The van der Waals surface area contributed by atoms with Gasteiger partial charge >= 0.3 is 0 Å². The van der Waals surface area contributed by atoms with Crippen molar-refractivity contribution < 1.29 is 13.9 Å². The quantitative estimate of drug-likeness (QED) is 0.525. The number of nitrogens with zero attached hydrogens (tertiary/aromatic N) is 5. The molecule has 1 fully saturated rings. The summed E-state index contributed by atoms with van der Waals surface area (Å²) in [4.78, 5) is 26.7. The average molecular weight is 436 g/mol. The van der Waals surface area contributed by atoms with E-state index in [4.69, 9.17) is 4.74 Å². The number of benzene rings is 2. The number of ether oxygens (including phenoxy) is 1. The molecule has 1 amide bonds. The Balaban J connectivity index is 1.41. The first-order chi connectivity index (χ1) is 15.5. The summed E-state index contributed by atoms with van der Waals surface area (Å²) in [5.74, 6) is 0.0578. The summed E-state index contributed by atoms with van der Waals surface area (Å²) >= 11 is 0. The number of carbonyl (C=O) groups is 1. The van der Waals surface area contributed by atoms with E-state index in [-0.39, 0.29) is 23.6 Å². The highest BCUT2D eigenvalue weighted by Crippen LogP contribution is 2.19. The van der Waals surface area contributed by atoms with E-state index in [1.165, 1.54) is 16.7 Å². The summed E-state index contributed by atoms with van der Waals surface area (Å²) in [6.45, 7) is 2.07. The van der Waals surface area contributed by atoms with Crippen LogP contribution in [0.15, 0.2) is 47.3 Å². The monoisotopic (exact) mass is 436 g/mol. The van der Waals surface area contributed by atoms with Gasteiger partial charge in [0.05, 0.1) is 36.2 Å². The number of rotatable bonds is 4. The molecule has 2 aromatic heterocycles. The van der Waals surface area contributed by atoms with Gasteiger partial charge < -0.3 is 15.0 Å². The van der Waals surface area contributed by atoms with E-state index in [1.54, 1.807) is 34.5 Å². The fourth-order valence-corrected chi connectivity index (χ4v) is 3.92. The smallest absolute Gasteiger partial charge is 0.262 e. The number of amides is 1. The number of fused-ring (bicyclic) bond motifs is 3. The van der Waals surface area contributed by atoms with Gasteiger partial charge in [-0.2, -0.15) is 0 Å². The lowest BCUT2D eigenvalue weighted by Crippen LogP contribution is -2.41. The zero-order valence-corrected chi connectivity index (χ0v) is 17.4.